The van der Waals surface area contributed by atoms with Gasteiger partial charge in [0.25, 0.3) is 5.91 Å². The van der Waals surface area contributed by atoms with Crippen LogP contribution in [0.25, 0.3) is 11.1 Å². The first-order chi connectivity index (χ1) is 16.5. The molecular weight excluding hydrogens is 434 g/mol. The molecule has 0 radical (unpaired) electrons. The number of anilines is 1. The lowest BCUT2D eigenvalue weighted by Crippen LogP contribution is -2.40. The van der Waals surface area contributed by atoms with Crippen molar-refractivity contribution in [2.24, 2.45) is 0 Å². The number of hydrogen-bond acceptors (Lipinski definition) is 5. The maximum absolute atomic E-state index is 12.6. The van der Waals surface area contributed by atoms with Gasteiger partial charge in [-0.15, -0.1) is 0 Å². The van der Waals surface area contributed by atoms with Crippen LogP contribution < -0.4 is 5.32 Å². The van der Waals surface area contributed by atoms with Crippen LogP contribution in [0.5, 0.6) is 0 Å². The van der Waals surface area contributed by atoms with Crippen molar-refractivity contribution in [3.8, 4) is 11.1 Å². The third-order valence-corrected chi connectivity index (χ3v) is 6.37. The maximum Gasteiger partial charge on any atom is 0.411 e. The minimum absolute atomic E-state index is 0.0427. The Morgan fingerprint density at radius 2 is 1.68 bits per heavy atom. The fourth-order valence-electron chi connectivity index (χ4n) is 4.76. The number of fused-ring (bicyclic) bond motifs is 3. The molecule has 8 heteroatoms. The van der Waals surface area contributed by atoms with E-state index in [1.807, 2.05) is 24.3 Å². The highest BCUT2D eigenvalue weighted by Crippen LogP contribution is 2.44. The van der Waals surface area contributed by atoms with Gasteiger partial charge in [0.05, 0.1) is 11.9 Å². The topological polar surface area (TPSA) is 109 Å². The Hall–Kier alpha value is -4.20. The molecule has 1 aromatic heterocycles. The Labute approximate surface area is 196 Å². The summed E-state index contributed by atoms with van der Waals surface area (Å²) in [7, 11) is 0. The van der Waals surface area contributed by atoms with Gasteiger partial charge in [-0.2, -0.15) is 0 Å². The van der Waals surface area contributed by atoms with Crippen LogP contribution in [-0.2, 0) is 9.53 Å². The molecular formula is C26H23N3O5. The van der Waals surface area contributed by atoms with Crippen LogP contribution in [0.15, 0.2) is 66.9 Å². The van der Waals surface area contributed by atoms with E-state index in [-0.39, 0.29) is 18.2 Å². The molecule has 5 rings (SSSR count). The lowest BCUT2D eigenvalue weighted by atomic mass is 9.98. The Balaban J connectivity index is 1.21. The highest BCUT2D eigenvalue weighted by atomic mass is 16.5. The lowest BCUT2D eigenvalue weighted by molar-refractivity contribution is -0.141. The van der Waals surface area contributed by atoms with Crippen LogP contribution in [0.4, 0.5) is 10.5 Å². The molecule has 2 N–H and O–H groups in total. The number of carboxylic acids is 1. The first-order valence-corrected chi connectivity index (χ1v) is 11.1. The highest BCUT2D eigenvalue weighted by molar-refractivity contribution is 5.96. The van der Waals surface area contributed by atoms with Crippen LogP contribution in [-0.4, -0.2) is 52.2 Å². The number of pyridine rings is 1. The van der Waals surface area contributed by atoms with Crippen molar-refractivity contribution in [1.82, 2.24) is 9.88 Å². The number of carboxylic acid groups (broad SMARTS) is 1. The fraction of sp³-hybridized carbons (Fsp3) is 0.231. The number of aliphatic carboxylic acids is 1. The normalized spacial score (nSPS) is 16.6. The van der Waals surface area contributed by atoms with Crippen molar-refractivity contribution in [3.05, 3.63) is 83.7 Å². The van der Waals surface area contributed by atoms with Crippen molar-refractivity contribution in [3.63, 3.8) is 0 Å². The summed E-state index contributed by atoms with van der Waals surface area (Å²) >= 11 is 0. The van der Waals surface area contributed by atoms with Gasteiger partial charge in [-0.05, 0) is 47.2 Å². The van der Waals surface area contributed by atoms with Crippen molar-refractivity contribution in [1.29, 1.82) is 0 Å². The van der Waals surface area contributed by atoms with Crippen LogP contribution in [0.2, 0.25) is 0 Å². The summed E-state index contributed by atoms with van der Waals surface area (Å²) in [5, 5.41) is 11.9. The number of hydrogen-bond donors (Lipinski definition) is 2. The predicted octanol–water partition coefficient (Wildman–Crippen LogP) is 4.13. The summed E-state index contributed by atoms with van der Waals surface area (Å²) in [4.78, 5) is 41.8. The number of ether oxygens (including phenoxy) is 1. The molecule has 2 aromatic carbocycles. The molecule has 1 unspecified atom stereocenters. The molecule has 1 aliphatic heterocycles. The van der Waals surface area contributed by atoms with Crippen molar-refractivity contribution >= 4 is 23.7 Å². The first kappa shape index (κ1) is 21.6. The number of carbonyl (C=O) groups is 3. The maximum atomic E-state index is 12.6. The summed E-state index contributed by atoms with van der Waals surface area (Å²) in [5.74, 6) is -1.49. The molecule has 0 bridgehead atoms. The van der Waals surface area contributed by atoms with Crippen LogP contribution in [0.3, 0.4) is 0 Å². The van der Waals surface area contributed by atoms with Crippen LogP contribution >= 0.6 is 0 Å². The van der Waals surface area contributed by atoms with E-state index in [0.717, 1.165) is 22.3 Å². The zero-order valence-corrected chi connectivity index (χ0v) is 18.3. The SMILES string of the molecule is O=C(Nc1ccc(C(=O)N2CCCC2C(=O)O)nc1)OCC1c2ccccc2-c2ccccc21. The van der Waals surface area contributed by atoms with Gasteiger partial charge in [0, 0.05) is 12.5 Å². The molecule has 3 aromatic rings. The summed E-state index contributed by atoms with van der Waals surface area (Å²) in [6.45, 7) is 0.576. The minimum atomic E-state index is -1.01. The summed E-state index contributed by atoms with van der Waals surface area (Å²) in [6.07, 6.45) is 1.82. The largest absolute Gasteiger partial charge is 0.480 e. The van der Waals surface area contributed by atoms with Gasteiger partial charge in [-0.1, -0.05) is 48.5 Å². The van der Waals surface area contributed by atoms with E-state index in [2.05, 4.69) is 34.6 Å². The van der Waals surface area contributed by atoms with E-state index in [1.165, 1.54) is 17.2 Å². The average Bonchev–Trinajstić information content (AvgIpc) is 3.46. The number of benzene rings is 2. The number of likely N-dealkylation sites (tertiary alicyclic amines) is 1. The van der Waals surface area contributed by atoms with Gasteiger partial charge in [0.2, 0.25) is 0 Å². The Bertz CT molecular complexity index is 1210. The molecule has 0 spiro atoms. The van der Waals surface area contributed by atoms with Gasteiger partial charge >= 0.3 is 12.1 Å². The molecule has 34 heavy (non-hydrogen) atoms. The minimum Gasteiger partial charge on any atom is -0.480 e. The number of aromatic nitrogens is 1. The number of nitrogens with one attached hydrogen (secondary N) is 1. The van der Waals surface area contributed by atoms with Crippen molar-refractivity contribution in [2.75, 3.05) is 18.5 Å². The molecule has 1 saturated heterocycles. The number of nitrogens with zero attached hydrogens (tertiary/aromatic N) is 2. The van der Waals surface area contributed by atoms with E-state index in [0.29, 0.717) is 25.1 Å². The molecule has 0 saturated carbocycles. The van der Waals surface area contributed by atoms with Crippen LogP contribution in [0, 0.1) is 0 Å². The van der Waals surface area contributed by atoms with Gasteiger partial charge in [-0.3, -0.25) is 10.1 Å². The van der Waals surface area contributed by atoms with E-state index in [4.69, 9.17) is 4.74 Å². The molecule has 2 aliphatic rings. The zero-order valence-electron chi connectivity index (χ0n) is 18.3. The average molecular weight is 457 g/mol. The molecule has 8 nitrogen and oxygen atoms in total. The Morgan fingerprint density at radius 3 is 2.29 bits per heavy atom. The van der Waals surface area contributed by atoms with Gasteiger partial charge in [0.15, 0.2) is 0 Å². The summed E-state index contributed by atoms with van der Waals surface area (Å²) in [5.41, 5.74) is 5.07. The zero-order chi connectivity index (χ0) is 23.7. The standard InChI is InChI=1S/C26H23N3O5/c30-24(29-13-5-10-23(29)25(31)32)22-12-11-16(14-27-22)28-26(33)34-15-21-19-8-3-1-6-17(19)18-7-2-4-9-20(18)21/h1-4,6-9,11-12,14,21,23H,5,10,13,15H2,(H,28,33)(H,31,32). The molecule has 1 fully saturated rings. The number of amides is 2. The van der Waals surface area contributed by atoms with Crippen LogP contribution in [0.1, 0.15) is 40.4 Å². The lowest BCUT2D eigenvalue weighted by Gasteiger charge is -2.20. The first-order valence-electron chi connectivity index (χ1n) is 11.1. The van der Waals surface area contributed by atoms with E-state index < -0.39 is 24.0 Å². The monoisotopic (exact) mass is 457 g/mol. The molecule has 2 amide bonds. The summed E-state index contributed by atoms with van der Waals surface area (Å²) < 4.78 is 5.52. The smallest absolute Gasteiger partial charge is 0.411 e. The van der Waals surface area contributed by atoms with Gasteiger partial charge in [-0.25, -0.2) is 14.6 Å². The highest BCUT2D eigenvalue weighted by Gasteiger charge is 2.35. The second kappa shape index (κ2) is 8.97. The second-order valence-electron chi connectivity index (χ2n) is 8.38. The quantitative estimate of drug-likeness (QED) is 0.596. The number of carbonyl (C=O) groups excluding carboxylic acids is 2. The Morgan fingerprint density at radius 1 is 1.00 bits per heavy atom. The van der Waals surface area contributed by atoms with E-state index >= 15 is 0 Å². The predicted molar refractivity (Wildman–Crippen MR) is 125 cm³/mol. The van der Waals surface area contributed by atoms with Crippen molar-refractivity contribution < 1.29 is 24.2 Å². The third-order valence-electron chi connectivity index (χ3n) is 6.37. The molecule has 2 heterocycles. The summed E-state index contributed by atoms with van der Waals surface area (Å²) in [6, 6.07) is 18.4. The van der Waals surface area contributed by atoms with E-state index in [9.17, 15) is 19.5 Å². The van der Waals surface area contributed by atoms with Gasteiger partial charge < -0.3 is 14.7 Å². The fourth-order valence-corrected chi connectivity index (χ4v) is 4.76. The second-order valence-corrected chi connectivity index (χ2v) is 8.38. The van der Waals surface area contributed by atoms with Gasteiger partial charge in [0.1, 0.15) is 18.3 Å². The van der Waals surface area contributed by atoms with Crippen molar-refractivity contribution in [2.45, 2.75) is 24.8 Å². The third kappa shape index (κ3) is 3.98. The number of rotatable bonds is 5. The van der Waals surface area contributed by atoms with E-state index in [1.54, 1.807) is 6.07 Å². The molecule has 172 valence electrons. The molecule has 1 atom stereocenters. The Kier molecular flexibility index (Phi) is 5.71. The molecule has 1 aliphatic carbocycles.